The molecular formula is C22H29NO4. The van der Waals surface area contributed by atoms with Gasteiger partial charge in [0.2, 0.25) is 0 Å². The molecule has 27 heavy (non-hydrogen) atoms. The highest BCUT2D eigenvalue weighted by molar-refractivity contribution is 5.81. The number of rotatable bonds is 9. The van der Waals surface area contributed by atoms with Gasteiger partial charge in [0.05, 0.1) is 14.2 Å². The van der Waals surface area contributed by atoms with E-state index in [-0.39, 0.29) is 5.91 Å². The van der Waals surface area contributed by atoms with Crippen LogP contribution in [0.3, 0.4) is 0 Å². The molecule has 0 heterocycles. The van der Waals surface area contributed by atoms with Crippen molar-refractivity contribution in [2.75, 3.05) is 20.8 Å². The third-order valence-corrected chi connectivity index (χ3v) is 4.30. The van der Waals surface area contributed by atoms with E-state index >= 15 is 0 Å². The number of methoxy groups -OCH3 is 2. The number of hydrogen-bond donors (Lipinski definition) is 1. The summed E-state index contributed by atoms with van der Waals surface area (Å²) in [4.78, 5) is 12.5. The van der Waals surface area contributed by atoms with Crippen molar-refractivity contribution < 1.29 is 19.0 Å². The Balaban J connectivity index is 1.91. The molecule has 0 fully saturated rings. The van der Waals surface area contributed by atoms with Crippen molar-refractivity contribution in [2.45, 2.75) is 39.7 Å². The van der Waals surface area contributed by atoms with E-state index in [2.05, 4.69) is 11.4 Å². The van der Waals surface area contributed by atoms with Gasteiger partial charge in [-0.15, -0.1) is 0 Å². The van der Waals surface area contributed by atoms with Crippen LogP contribution in [-0.4, -0.2) is 32.8 Å². The Bertz CT molecular complexity index is 753. The van der Waals surface area contributed by atoms with Crippen molar-refractivity contribution in [3.05, 3.63) is 53.1 Å². The van der Waals surface area contributed by atoms with Crippen LogP contribution in [0.1, 0.15) is 30.0 Å². The first kappa shape index (κ1) is 20.6. The summed E-state index contributed by atoms with van der Waals surface area (Å²) in [5.74, 6) is 2.01. The first-order valence-electron chi connectivity index (χ1n) is 9.20. The first-order chi connectivity index (χ1) is 13.0. The molecule has 0 bridgehead atoms. The van der Waals surface area contributed by atoms with Gasteiger partial charge in [0.15, 0.2) is 17.6 Å². The van der Waals surface area contributed by atoms with Crippen molar-refractivity contribution in [1.82, 2.24) is 5.32 Å². The van der Waals surface area contributed by atoms with Crippen LogP contribution in [-0.2, 0) is 11.2 Å². The van der Waals surface area contributed by atoms with Crippen molar-refractivity contribution in [3.63, 3.8) is 0 Å². The maximum Gasteiger partial charge on any atom is 0.261 e. The summed E-state index contributed by atoms with van der Waals surface area (Å²) in [6, 6.07) is 11.7. The van der Waals surface area contributed by atoms with Crippen LogP contribution in [0.15, 0.2) is 36.4 Å². The number of benzene rings is 2. The average Bonchev–Trinajstić information content (AvgIpc) is 2.65. The molecule has 0 aromatic heterocycles. The van der Waals surface area contributed by atoms with Gasteiger partial charge in [0.1, 0.15) is 5.75 Å². The zero-order valence-electron chi connectivity index (χ0n) is 16.8. The third-order valence-electron chi connectivity index (χ3n) is 4.30. The molecule has 0 aliphatic heterocycles. The molecule has 146 valence electrons. The van der Waals surface area contributed by atoms with Gasteiger partial charge in [0.25, 0.3) is 5.91 Å². The minimum Gasteiger partial charge on any atom is -0.493 e. The Kier molecular flexibility index (Phi) is 7.53. The van der Waals surface area contributed by atoms with Gasteiger partial charge in [-0.25, -0.2) is 0 Å². The highest BCUT2D eigenvalue weighted by atomic mass is 16.5. The topological polar surface area (TPSA) is 56.8 Å². The van der Waals surface area contributed by atoms with Crippen LogP contribution in [0, 0.1) is 13.8 Å². The molecule has 0 saturated carbocycles. The molecule has 1 amide bonds. The lowest BCUT2D eigenvalue weighted by Gasteiger charge is -2.18. The molecule has 0 saturated heterocycles. The largest absolute Gasteiger partial charge is 0.493 e. The van der Waals surface area contributed by atoms with E-state index in [1.807, 2.05) is 51.1 Å². The molecule has 0 unspecified atom stereocenters. The van der Waals surface area contributed by atoms with E-state index in [9.17, 15) is 4.79 Å². The maximum absolute atomic E-state index is 12.5. The van der Waals surface area contributed by atoms with Crippen molar-refractivity contribution >= 4 is 5.91 Å². The summed E-state index contributed by atoms with van der Waals surface area (Å²) < 4.78 is 16.5. The fraction of sp³-hybridized carbons (Fsp3) is 0.409. The zero-order valence-corrected chi connectivity index (χ0v) is 16.8. The number of nitrogens with one attached hydrogen (secondary N) is 1. The maximum atomic E-state index is 12.5. The zero-order chi connectivity index (χ0) is 19.8. The third kappa shape index (κ3) is 5.91. The Morgan fingerprint density at radius 3 is 2.26 bits per heavy atom. The highest BCUT2D eigenvalue weighted by Crippen LogP contribution is 2.27. The lowest BCUT2D eigenvalue weighted by molar-refractivity contribution is -0.128. The van der Waals surface area contributed by atoms with Crippen LogP contribution in [0.4, 0.5) is 0 Å². The lowest BCUT2D eigenvalue weighted by Crippen LogP contribution is -2.38. The molecular weight excluding hydrogens is 342 g/mol. The molecule has 1 atom stereocenters. The van der Waals surface area contributed by atoms with Gasteiger partial charge < -0.3 is 19.5 Å². The van der Waals surface area contributed by atoms with E-state index < -0.39 is 6.10 Å². The predicted molar refractivity (Wildman–Crippen MR) is 107 cm³/mol. The van der Waals surface area contributed by atoms with Gasteiger partial charge >= 0.3 is 0 Å². The van der Waals surface area contributed by atoms with Crippen LogP contribution in [0.2, 0.25) is 0 Å². The molecule has 5 nitrogen and oxygen atoms in total. The molecule has 2 aromatic carbocycles. The van der Waals surface area contributed by atoms with Gasteiger partial charge in [-0.05, 0) is 67.6 Å². The Morgan fingerprint density at radius 2 is 1.67 bits per heavy atom. The summed E-state index contributed by atoms with van der Waals surface area (Å²) in [6.07, 6.45) is 0.804. The van der Waals surface area contributed by atoms with E-state index in [1.165, 1.54) is 0 Å². The molecule has 0 radical (unpaired) electrons. The SMILES string of the molecule is CC[C@H](Oc1cc(C)cc(C)c1)C(=O)NCCc1ccc(OC)c(OC)c1. The fourth-order valence-corrected chi connectivity index (χ4v) is 2.97. The average molecular weight is 371 g/mol. The van der Waals surface area contributed by atoms with Crippen molar-refractivity contribution in [2.24, 2.45) is 0 Å². The van der Waals surface area contributed by atoms with Crippen LogP contribution in [0.5, 0.6) is 17.2 Å². The highest BCUT2D eigenvalue weighted by Gasteiger charge is 2.18. The van der Waals surface area contributed by atoms with E-state index in [1.54, 1.807) is 14.2 Å². The summed E-state index contributed by atoms with van der Waals surface area (Å²) in [5.41, 5.74) is 3.30. The lowest BCUT2D eigenvalue weighted by atomic mass is 10.1. The van der Waals surface area contributed by atoms with E-state index in [0.29, 0.717) is 30.9 Å². The molecule has 0 spiro atoms. The summed E-state index contributed by atoms with van der Waals surface area (Å²) in [7, 11) is 3.22. The molecule has 2 rings (SSSR count). The Labute approximate surface area is 161 Å². The number of carbonyl (C=O) groups excluding carboxylic acids is 1. The van der Waals surface area contributed by atoms with Gasteiger partial charge in [-0.2, -0.15) is 0 Å². The van der Waals surface area contributed by atoms with Gasteiger partial charge in [-0.1, -0.05) is 19.1 Å². The minimum atomic E-state index is -0.503. The van der Waals surface area contributed by atoms with Crippen molar-refractivity contribution in [1.29, 1.82) is 0 Å². The summed E-state index contributed by atoms with van der Waals surface area (Å²) >= 11 is 0. The number of ether oxygens (including phenoxy) is 3. The minimum absolute atomic E-state index is 0.0999. The smallest absolute Gasteiger partial charge is 0.261 e. The van der Waals surface area contributed by atoms with E-state index in [0.717, 1.165) is 22.4 Å². The van der Waals surface area contributed by atoms with Crippen LogP contribution >= 0.6 is 0 Å². The second kappa shape index (κ2) is 9.86. The first-order valence-corrected chi connectivity index (χ1v) is 9.20. The standard InChI is InChI=1S/C22H29NO4/c1-6-19(27-18-12-15(2)11-16(3)13-18)22(24)23-10-9-17-7-8-20(25-4)21(14-17)26-5/h7-8,11-14,19H,6,9-10H2,1-5H3,(H,23,24)/t19-/m0/s1. The number of carbonyl (C=O) groups is 1. The summed E-state index contributed by atoms with van der Waals surface area (Å²) in [6.45, 7) is 6.51. The number of amides is 1. The number of aryl methyl sites for hydroxylation is 2. The Morgan fingerprint density at radius 1 is 1.00 bits per heavy atom. The monoisotopic (exact) mass is 371 g/mol. The second-order valence-corrected chi connectivity index (χ2v) is 6.57. The number of hydrogen-bond acceptors (Lipinski definition) is 4. The predicted octanol–water partition coefficient (Wildman–Crippen LogP) is 3.84. The normalized spacial score (nSPS) is 11.6. The second-order valence-electron chi connectivity index (χ2n) is 6.57. The molecule has 2 aromatic rings. The van der Waals surface area contributed by atoms with Gasteiger partial charge in [-0.3, -0.25) is 4.79 Å². The fourth-order valence-electron chi connectivity index (χ4n) is 2.97. The van der Waals surface area contributed by atoms with Crippen LogP contribution in [0.25, 0.3) is 0 Å². The molecule has 0 aliphatic rings. The summed E-state index contributed by atoms with van der Waals surface area (Å²) in [5, 5.41) is 2.96. The molecule has 1 N–H and O–H groups in total. The van der Waals surface area contributed by atoms with Gasteiger partial charge in [0, 0.05) is 6.54 Å². The molecule has 0 aliphatic carbocycles. The van der Waals surface area contributed by atoms with E-state index in [4.69, 9.17) is 14.2 Å². The Hall–Kier alpha value is -2.69. The quantitative estimate of drug-likeness (QED) is 0.728. The molecule has 5 heteroatoms. The van der Waals surface area contributed by atoms with Crippen molar-refractivity contribution in [3.8, 4) is 17.2 Å². The van der Waals surface area contributed by atoms with Crippen LogP contribution < -0.4 is 19.5 Å².